The van der Waals surface area contributed by atoms with Gasteiger partial charge in [0.15, 0.2) is 0 Å². The highest BCUT2D eigenvalue weighted by Gasteiger charge is 2.24. The summed E-state index contributed by atoms with van der Waals surface area (Å²) < 4.78 is 0. The van der Waals surface area contributed by atoms with Crippen LogP contribution in [0.15, 0.2) is 12.1 Å². The number of hydrogen-bond donors (Lipinski definition) is 2. The minimum atomic E-state index is -0.480. The Balaban J connectivity index is 0.00000180. The van der Waals surface area contributed by atoms with E-state index in [4.69, 9.17) is 0 Å². The van der Waals surface area contributed by atoms with Gasteiger partial charge in [-0.15, -0.1) is 12.4 Å². The van der Waals surface area contributed by atoms with Gasteiger partial charge in [-0.2, -0.15) is 0 Å². The second kappa shape index (κ2) is 6.83. The highest BCUT2D eigenvalue weighted by Crippen LogP contribution is 2.24. The van der Waals surface area contributed by atoms with Crippen LogP contribution in [0.4, 0.5) is 5.00 Å². The molecule has 0 aliphatic carbocycles. The van der Waals surface area contributed by atoms with Gasteiger partial charge in [-0.25, -0.2) is 0 Å². The largest absolute Gasteiger partial charge is 0.347 e. The molecule has 0 bridgehead atoms. The third-order valence-corrected chi connectivity index (χ3v) is 4.18. The lowest BCUT2D eigenvalue weighted by molar-refractivity contribution is -0.380. The highest BCUT2D eigenvalue weighted by molar-refractivity contribution is 7.17. The molecule has 2 unspecified atom stereocenters. The summed E-state index contributed by atoms with van der Waals surface area (Å²) in [5.41, 5.74) is 0. The fourth-order valence-electron chi connectivity index (χ4n) is 1.97. The van der Waals surface area contributed by atoms with Crippen LogP contribution in [0.25, 0.3) is 0 Å². The van der Waals surface area contributed by atoms with Crippen molar-refractivity contribution < 1.29 is 9.72 Å². The second-order valence-corrected chi connectivity index (χ2v) is 5.51. The molecule has 1 aliphatic rings. The van der Waals surface area contributed by atoms with E-state index in [1.54, 1.807) is 0 Å². The summed E-state index contributed by atoms with van der Waals surface area (Å²) in [6.07, 6.45) is 1.02. The first-order valence-electron chi connectivity index (χ1n) is 5.83. The molecule has 1 aromatic rings. The number of nitrogens with zero attached hydrogens (tertiary/aromatic N) is 1. The topological polar surface area (TPSA) is 84.3 Å². The fourth-order valence-corrected chi connectivity index (χ4v) is 2.69. The number of rotatable bonds is 3. The Morgan fingerprint density at radius 1 is 1.58 bits per heavy atom. The smallest absolute Gasteiger partial charge is 0.324 e. The van der Waals surface area contributed by atoms with Crippen molar-refractivity contribution in [3.63, 3.8) is 0 Å². The standard InChI is InChI=1S/C11H15N3O3S.ClH/c1-7-4-5-12-6-8(7)13-11(15)9-2-3-10(18-9)14(16)17;/h2-3,7-8,12H,4-6H2,1H3,(H,13,15);1H. The molecule has 1 aromatic heterocycles. The van der Waals surface area contributed by atoms with Gasteiger partial charge in [0, 0.05) is 18.7 Å². The number of halogens is 1. The van der Waals surface area contributed by atoms with Crippen LogP contribution >= 0.6 is 23.7 Å². The van der Waals surface area contributed by atoms with Crippen molar-refractivity contribution in [2.24, 2.45) is 5.92 Å². The molecule has 2 rings (SSSR count). The summed E-state index contributed by atoms with van der Waals surface area (Å²) in [6.45, 7) is 3.82. The molecule has 0 spiro atoms. The molecular formula is C11H16ClN3O3S. The first-order chi connectivity index (χ1) is 8.58. The van der Waals surface area contributed by atoms with E-state index in [2.05, 4.69) is 17.6 Å². The molecule has 1 aliphatic heterocycles. The quantitative estimate of drug-likeness (QED) is 0.659. The van der Waals surface area contributed by atoms with Gasteiger partial charge < -0.3 is 10.6 Å². The second-order valence-electron chi connectivity index (χ2n) is 4.45. The first-order valence-corrected chi connectivity index (χ1v) is 6.65. The summed E-state index contributed by atoms with van der Waals surface area (Å²) in [5.74, 6) is 0.193. The van der Waals surface area contributed by atoms with Crippen molar-refractivity contribution in [2.75, 3.05) is 13.1 Å². The molecule has 0 saturated carbocycles. The molecule has 1 amide bonds. The van der Waals surface area contributed by atoms with Gasteiger partial charge >= 0.3 is 5.00 Å². The van der Waals surface area contributed by atoms with Crippen molar-refractivity contribution in [2.45, 2.75) is 19.4 Å². The zero-order valence-electron chi connectivity index (χ0n) is 10.4. The van der Waals surface area contributed by atoms with Crippen molar-refractivity contribution in [3.05, 3.63) is 27.1 Å². The summed E-state index contributed by atoms with van der Waals surface area (Å²) in [6, 6.07) is 2.95. The zero-order chi connectivity index (χ0) is 13.1. The summed E-state index contributed by atoms with van der Waals surface area (Å²) in [7, 11) is 0. The normalized spacial score (nSPS) is 22.4. The molecule has 0 radical (unpaired) electrons. The lowest BCUT2D eigenvalue weighted by Crippen LogP contribution is -2.50. The van der Waals surface area contributed by atoms with Gasteiger partial charge in [0.05, 0.1) is 9.80 Å². The predicted octanol–water partition coefficient (Wildman–Crippen LogP) is 1.81. The summed E-state index contributed by atoms with van der Waals surface area (Å²) in [4.78, 5) is 22.4. The first kappa shape index (κ1) is 15.9. The Morgan fingerprint density at radius 3 is 2.89 bits per heavy atom. The van der Waals surface area contributed by atoms with E-state index >= 15 is 0 Å². The van der Waals surface area contributed by atoms with E-state index in [1.165, 1.54) is 12.1 Å². The van der Waals surface area contributed by atoms with E-state index in [0.29, 0.717) is 10.8 Å². The Bertz CT molecular complexity index is 466. The predicted molar refractivity (Wildman–Crippen MR) is 76.1 cm³/mol. The number of nitro groups is 1. The number of hydrogen-bond acceptors (Lipinski definition) is 5. The molecule has 1 saturated heterocycles. The third-order valence-electron chi connectivity index (χ3n) is 3.14. The molecule has 2 atom stereocenters. The molecule has 2 heterocycles. The molecule has 0 aromatic carbocycles. The molecule has 1 fully saturated rings. The summed E-state index contributed by atoms with van der Waals surface area (Å²) >= 11 is 0.907. The van der Waals surface area contributed by atoms with Crippen molar-refractivity contribution in [1.82, 2.24) is 10.6 Å². The van der Waals surface area contributed by atoms with E-state index in [-0.39, 0.29) is 29.4 Å². The maximum Gasteiger partial charge on any atom is 0.324 e. The van der Waals surface area contributed by atoms with Crippen LogP contribution in [0.5, 0.6) is 0 Å². The van der Waals surface area contributed by atoms with Crippen LogP contribution in [-0.4, -0.2) is 30.0 Å². The van der Waals surface area contributed by atoms with Crippen LogP contribution in [0, 0.1) is 16.0 Å². The van der Waals surface area contributed by atoms with Crippen molar-refractivity contribution >= 4 is 34.7 Å². The van der Waals surface area contributed by atoms with Crippen molar-refractivity contribution in [1.29, 1.82) is 0 Å². The average Bonchev–Trinajstić information content (AvgIpc) is 2.81. The molecule has 106 valence electrons. The highest BCUT2D eigenvalue weighted by atomic mass is 35.5. The zero-order valence-corrected chi connectivity index (χ0v) is 12.1. The van der Waals surface area contributed by atoms with E-state index in [9.17, 15) is 14.9 Å². The number of carbonyl (C=O) groups excluding carboxylic acids is 1. The number of piperidine rings is 1. The molecule has 2 N–H and O–H groups in total. The van der Waals surface area contributed by atoms with Gasteiger partial charge in [0.1, 0.15) is 0 Å². The Labute approximate surface area is 121 Å². The van der Waals surface area contributed by atoms with Gasteiger partial charge in [-0.3, -0.25) is 14.9 Å². The van der Waals surface area contributed by atoms with E-state index in [0.717, 1.165) is 30.8 Å². The minimum Gasteiger partial charge on any atom is -0.347 e. The van der Waals surface area contributed by atoms with Crippen LogP contribution in [-0.2, 0) is 0 Å². The van der Waals surface area contributed by atoms with Crippen LogP contribution < -0.4 is 10.6 Å². The Hall–Kier alpha value is -1.18. The van der Waals surface area contributed by atoms with Crippen LogP contribution in [0.3, 0.4) is 0 Å². The Morgan fingerprint density at radius 2 is 2.32 bits per heavy atom. The lowest BCUT2D eigenvalue weighted by Gasteiger charge is -2.30. The monoisotopic (exact) mass is 305 g/mol. The lowest BCUT2D eigenvalue weighted by atomic mass is 9.95. The molecule has 8 heteroatoms. The number of nitrogens with one attached hydrogen (secondary N) is 2. The third kappa shape index (κ3) is 3.89. The molecule has 6 nitrogen and oxygen atoms in total. The minimum absolute atomic E-state index is 0. The maximum absolute atomic E-state index is 11.9. The number of thiophene rings is 1. The van der Waals surface area contributed by atoms with E-state index < -0.39 is 4.92 Å². The van der Waals surface area contributed by atoms with Gasteiger partial charge in [-0.05, 0) is 24.9 Å². The van der Waals surface area contributed by atoms with E-state index in [1.807, 2.05) is 0 Å². The molecule has 19 heavy (non-hydrogen) atoms. The summed E-state index contributed by atoms with van der Waals surface area (Å²) in [5, 5.41) is 16.7. The van der Waals surface area contributed by atoms with Gasteiger partial charge in [-0.1, -0.05) is 18.3 Å². The Kier molecular flexibility index (Phi) is 5.71. The average molecular weight is 306 g/mol. The van der Waals surface area contributed by atoms with Crippen LogP contribution in [0.2, 0.25) is 0 Å². The van der Waals surface area contributed by atoms with Gasteiger partial charge in [0.25, 0.3) is 5.91 Å². The number of amides is 1. The van der Waals surface area contributed by atoms with Gasteiger partial charge in [0.2, 0.25) is 0 Å². The maximum atomic E-state index is 11.9. The fraction of sp³-hybridized carbons (Fsp3) is 0.545. The SMILES string of the molecule is CC1CCNCC1NC(=O)c1ccc([N+](=O)[O-])s1.Cl. The van der Waals surface area contributed by atoms with Crippen LogP contribution in [0.1, 0.15) is 23.0 Å². The number of carbonyl (C=O) groups is 1. The molecular weight excluding hydrogens is 290 g/mol. The van der Waals surface area contributed by atoms with Crippen molar-refractivity contribution in [3.8, 4) is 0 Å².